The Morgan fingerprint density at radius 3 is 2.04 bits per heavy atom. The molecule has 0 heterocycles. The van der Waals surface area contributed by atoms with Crippen LogP contribution in [0.2, 0.25) is 0 Å². The summed E-state index contributed by atoms with van der Waals surface area (Å²) >= 11 is 0. The quantitative estimate of drug-likeness (QED) is 0.686. The van der Waals surface area contributed by atoms with Crippen LogP contribution in [0.15, 0.2) is 53.6 Å². The fourth-order valence-electron chi connectivity index (χ4n) is 2.17. The molecule has 2 aromatic carbocycles. The predicted octanol–water partition coefficient (Wildman–Crippen LogP) is 4.01. The molecular formula is C20H21N3O. The number of nitrogens with zero attached hydrogens (tertiary/aromatic N) is 2. The van der Waals surface area contributed by atoms with Crippen LogP contribution < -0.4 is 5.43 Å². The average Bonchev–Trinajstić information content (AvgIpc) is 2.58. The largest absolute Gasteiger partial charge is 0.271 e. The third kappa shape index (κ3) is 4.30. The lowest BCUT2D eigenvalue weighted by molar-refractivity contribution is 0.0955. The summed E-state index contributed by atoms with van der Waals surface area (Å²) in [5.74, 6) is -0.247. The molecule has 2 rings (SSSR count). The molecule has 0 bridgehead atoms. The molecule has 1 amide bonds. The number of carbonyl (C=O) groups excluding carboxylic acids is 1. The maximum Gasteiger partial charge on any atom is 0.271 e. The van der Waals surface area contributed by atoms with Gasteiger partial charge in [0.15, 0.2) is 0 Å². The van der Waals surface area contributed by atoms with Crippen molar-refractivity contribution >= 4 is 11.6 Å². The van der Waals surface area contributed by atoms with E-state index < -0.39 is 0 Å². The second kappa shape index (κ2) is 7.10. The molecule has 0 aliphatic carbocycles. The molecule has 0 aliphatic heterocycles. The third-order valence-corrected chi connectivity index (χ3v) is 3.77. The molecule has 0 fully saturated rings. The molecule has 2 aromatic rings. The summed E-state index contributed by atoms with van der Waals surface area (Å²) in [7, 11) is 0. The second-order valence-electron chi connectivity index (χ2n) is 6.65. The molecule has 4 nitrogen and oxygen atoms in total. The monoisotopic (exact) mass is 319 g/mol. The van der Waals surface area contributed by atoms with Crippen LogP contribution in [0.4, 0.5) is 0 Å². The van der Waals surface area contributed by atoms with Crippen LogP contribution in [0.1, 0.15) is 54.7 Å². The van der Waals surface area contributed by atoms with Crippen LogP contribution in [-0.4, -0.2) is 11.6 Å². The van der Waals surface area contributed by atoms with Gasteiger partial charge in [0.05, 0.1) is 17.3 Å². The lowest BCUT2D eigenvalue weighted by Crippen LogP contribution is -2.20. The Hall–Kier alpha value is -2.93. The molecule has 0 aromatic heterocycles. The SMILES string of the molecule is CC(=NNC(=O)c1ccc(C(C)(C)C)cc1)c1ccc(C#N)cc1. The first-order valence-corrected chi connectivity index (χ1v) is 7.77. The summed E-state index contributed by atoms with van der Waals surface area (Å²) < 4.78 is 0. The zero-order chi connectivity index (χ0) is 17.7. The highest BCUT2D eigenvalue weighted by molar-refractivity contribution is 6.00. The van der Waals surface area contributed by atoms with E-state index in [9.17, 15) is 4.79 Å². The van der Waals surface area contributed by atoms with E-state index in [0.717, 1.165) is 5.56 Å². The van der Waals surface area contributed by atoms with E-state index in [0.29, 0.717) is 16.8 Å². The molecule has 0 radical (unpaired) electrons. The molecule has 0 unspecified atom stereocenters. The number of hydrogen-bond acceptors (Lipinski definition) is 3. The summed E-state index contributed by atoms with van der Waals surface area (Å²) in [6.07, 6.45) is 0. The maximum atomic E-state index is 12.2. The summed E-state index contributed by atoms with van der Waals surface area (Å²) in [6.45, 7) is 8.21. The lowest BCUT2D eigenvalue weighted by atomic mass is 9.87. The van der Waals surface area contributed by atoms with Gasteiger partial charge in [-0.2, -0.15) is 10.4 Å². The van der Waals surface area contributed by atoms with Gasteiger partial charge in [0.1, 0.15) is 0 Å². The number of rotatable bonds is 3. The van der Waals surface area contributed by atoms with Crippen molar-refractivity contribution in [3.05, 3.63) is 70.8 Å². The first-order chi connectivity index (χ1) is 11.3. The van der Waals surface area contributed by atoms with E-state index in [1.165, 1.54) is 5.56 Å². The van der Waals surface area contributed by atoms with Crippen molar-refractivity contribution in [1.82, 2.24) is 5.43 Å². The Bertz CT molecular complexity index is 789. The van der Waals surface area contributed by atoms with E-state index in [1.54, 1.807) is 12.1 Å². The number of nitriles is 1. The Morgan fingerprint density at radius 1 is 1.00 bits per heavy atom. The molecule has 0 aliphatic rings. The minimum atomic E-state index is -0.247. The van der Waals surface area contributed by atoms with Gasteiger partial charge in [-0.1, -0.05) is 45.0 Å². The van der Waals surface area contributed by atoms with Crippen LogP contribution in [0, 0.1) is 11.3 Å². The molecule has 24 heavy (non-hydrogen) atoms. The van der Waals surface area contributed by atoms with Gasteiger partial charge in [0.25, 0.3) is 5.91 Å². The van der Waals surface area contributed by atoms with E-state index in [-0.39, 0.29) is 11.3 Å². The minimum absolute atomic E-state index is 0.0549. The summed E-state index contributed by atoms with van der Waals surface area (Å²) in [5, 5.41) is 12.9. The van der Waals surface area contributed by atoms with Crippen molar-refractivity contribution in [3.8, 4) is 6.07 Å². The standard InChI is InChI=1S/C20H21N3O/c1-14(16-7-5-15(13-21)6-8-16)22-23-19(24)17-9-11-18(12-10-17)20(2,3)4/h5-12H,1-4H3,(H,23,24). The molecule has 0 saturated heterocycles. The minimum Gasteiger partial charge on any atom is -0.267 e. The van der Waals surface area contributed by atoms with Gasteiger partial charge in [-0.15, -0.1) is 0 Å². The van der Waals surface area contributed by atoms with Crippen molar-refractivity contribution in [2.75, 3.05) is 0 Å². The first kappa shape index (κ1) is 17.4. The summed E-state index contributed by atoms with van der Waals surface area (Å²) in [4.78, 5) is 12.2. The number of amides is 1. The van der Waals surface area contributed by atoms with Crippen LogP contribution in [0.5, 0.6) is 0 Å². The average molecular weight is 319 g/mol. The van der Waals surface area contributed by atoms with E-state index in [1.807, 2.05) is 43.3 Å². The lowest BCUT2D eigenvalue weighted by Gasteiger charge is -2.18. The molecular weight excluding hydrogens is 298 g/mol. The van der Waals surface area contributed by atoms with Crippen molar-refractivity contribution in [2.45, 2.75) is 33.1 Å². The second-order valence-corrected chi connectivity index (χ2v) is 6.65. The van der Waals surface area contributed by atoms with Gasteiger partial charge in [-0.05, 0) is 47.7 Å². The number of nitrogens with one attached hydrogen (secondary N) is 1. The highest BCUT2D eigenvalue weighted by Crippen LogP contribution is 2.22. The third-order valence-electron chi connectivity index (χ3n) is 3.77. The van der Waals surface area contributed by atoms with Crippen molar-refractivity contribution in [2.24, 2.45) is 5.10 Å². The molecule has 0 atom stereocenters. The maximum absolute atomic E-state index is 12.2. The van der Waals surface area contributed by atoms with Gasteiger partial charge >= 0.3 is 0 Å². The number of carbonyl (C=O) groups is 1. The number of hydrazone groups is 1. The number of hydrogen-bond donors (Lipinski definition) is 1. The number of benzene rings is 2. The molecule has 0 spiro atoms. The van der Waals surface area contributed by atoms with Crippen molar-refractivity contribution in [3.63, 3.8) is 0 Å². The molecule has 1 N–H and O–H groups in total. The molecule has 122 valence electrons. The van der Waals surface area contributed by atoms with Crippen LogP contribution in [-0.2, 0) is 5.41 Å². The Morgan fingerprint density at radius 2 is 1.54 bits per heavy atom. The fourth-order valence-corrected chi connectivity index (χ4v) is 2.17. The van der Waals surface area contributed by atoms with Gasteiger partial charge in [0, 0.05) is 5.56 Å². The Kier molecular flexibility index (Phi) is 5.15. The Labute approximate surface area is 142 Å². The zero-order valence-corrected chi connectivity index (χ0v) is 14.4. The zero-order valence-electron chi connectivity index (χ0n) is 14.4. The predicted molar refractivity (Wildman–Crippen MR) is 96.0 cm³/mol. The molecule has 4 heteroatoms. The van der Waals surface area contributed by atoms with E-state index >= 15 is 0 Å². The van der Waals surface area contributed by atoms with E-state index in [4.69, 9.17) is 5.26 Å². The summed E-state index contributed by atoms with van der Waals surface area (Å²) in [5.41, 5.74) is 6.50. The van der Waals surface area contributed by atoms with Gasteiger partial charge in [-0.25, -0.2) is 5.43 Å². The highest BCUT2D eigenvalue weighted by atomic mass is 16.2. The van der Waals surface area contributed by atoms with Gasteiger partial charge < -0.3 is 0 Å². The first-order valence-electron chi connectivity index (χ1n) is 7.77. The van der Waals surface area contributed by atoms with E-state index in [2.05, 4.69) is 37.4 Å². The topological polar surface area (TPSA) is 65.2 Å². The van der Waals surface area contributed by atoms with Crippen molar-refractivity contribution < 1.29 is 4.79 Å². The van der Waals surface area contributed by atoms with Crippen LogP contribution in [0.25, 0.3) is 0 Å². The van der Waals surface area contributed by atoms with Gasteiger partial charge in [0.2, 0.25) is 0 Å². The highest BCUT2D eigenvalue weighted by Gasteiger charge is 2.14. The van der Waals surface area contributed by atoms with Gasteiger partial charge in [-0.3, -0.25) is 4.79 Å². The smallest absolute Gasteiger partial charge is 0.267 e. The van der Waals surface area contributed by atoms with Crippen molar-refractivity contribution in [1.29, 1.82) is 5.26 Å². The van der Waals surface area contributed by atoms with Crippen LogP contribution >= 0.6 is 0 Å². The fraction of sp³-hybridized carbons (Fsp3) is 0.250. The van der Waals surface area contributed by atoms with Crippen LogP contribution in [0.3, 0.4) is 0 Å². The Balaban J connectivity index is 2.07. The molecule has 0 saturated carbocycles. The summed E-state index contributed by atoms with van der Waals surface area (Å²) in [6, 6.07) is 16.7. The normalized spacial score (nSPS) is 11.7.